The van der Waals surface area contributed by atoms with Gasteiger partial charge in [-0.15, -0.1) is 0 Å². The van der Waals surface area contributed by atoms with Crippen LogP contribution in [0.3, 0.4) is 0 Å². The molecule has 1 saturated heterocycles. The van der Waals surface area contributed by atoms with Gasteiger partial charge in [-0.25, -0.2) is 0 Å². The van der Waals surface area contributed by atoms with Gasteiger partial charge in [0.1, 0.15) is 0 Å². The maximum atomic E-state index is 5.60. The van der Waals surface area contributed by atoms with Crippen LogP contribution in [0.15, 0.2) is 24.7 Å². The molecule has 0 aliphatic carbocycles. The lowest BCUT2D eigenvalue weighted by molar-refractivity contribution is 0.105. The quantitative estimate of drug-likeness (QED) is 0.895. The smallest absolute Gasteiger partial charge is 0.0899 e. The van der Waals surface area contributed by atoms with Gasteiger partial charge < -0.3 is 9.64 Å². The molecular weight excluding hydrogens is 242 g/mol. The van der Waals surface area contributed by atoms with Gasteiger partial charge in [0, 0.05) is 38.3 Å². The molecule has 0 aromatic carbocycles. The summed E-state index contributed by atoms with van der Waals surface area (Å²) in [5, 5.41) is 10.8. The summed E-state index contributed by atoms with van der Waals surface area (Å²) < 4.78 is 5.60. The van der Waals surface area contributed by atoms with Crippen LogP contribution in [-0.2, 0) is 4.74 Å². The van der Waals surface area contributed by atoms with Crippen molar-refractivity contribution in [1.29, 1.82) is 0 Å². The van der Waals surface area contributed by atoms with Crippen LogP contribution in [0.2, 0.25) is 0 Å². The lowest BCUT2D eigenvalue weighted by Crippen LogP contribution is -2.23. The predicted molar refractivity (Wildman–Crippen MR) is 71.1 cm³/mol. The minimum absolute atomic E-state index is 0.137. The molecule has 6 heteroatoms. The first kappa shape index (κ1) is 12.1. The highest BCUT2D eigenvalue weighted by Crippen LogP contribution is 2.32. The summed E-state index contributed by atoms with van der Waals surface area (Å²) in [5.74, 6) is 0.247. The van der Waals surface area contributed by atoms with Gasteiger partial charge in [0.15, 0.2) is 0 Å². The zero-order valence-electron chi connectivity index (χ0n) is 11.1. The van der Waals surface area contributed by atoms with E-state index in [0.717, 1.165) is 18.8 Å². The number of rotatable bonds is 3. The second-order valence-electron chi connectivity index (χ2n) is 4.84. The van der Waals surface area contributed by atoms with Crippen LogP contribution >= 0.6 is 0 Å². The van der Waals surface area contributed by atoms with Crippen LogP contribution in [0, 0.1) is 6.92 Å². The van der Waals surface area contributed by atoms with Crippen LogP contribution in [0.1, 0.15) is 17.2 Å². The number of ether oxygens (including phenoxy) is 1. The number of aromatic amines is 1. The molecule has 2 aromatic rings. The Balaban J connectivity index is 1.86. The highest BCUT2D eigenvalue weighted by atomic mass is 16.5. The van der Waals surface area contributed by atoms with E-state index in [0.29, 0.717) is 0 Å². The van der Waals surface area contributed by atoms with Crippen molar-refractivity contribution in [2.24, 2.45) is 0 Å². The van der Waals surface area contributed by atoms with Crippen molar-refractivity contribution in [1.82, 2.24) is 20.4 Å². The van der Waals surface area contributed by atoms with E-state index in [1.807, 2.05) is 18.5 Å². The fourth-order valence-corrected chi connectivity index (χ4v) is 2.70. The zero-order valence-corrected chi connectivity index (χ0v) is 11.1. The Hall–Kier alpha value is -1.95. The summed E-state index contributed by atoms with van der Waals surface area (Å²) in [6.45, 7) is 3.82. The predicted octanol–water partition coefficient (Wildman–Crippen LogP) is 1.13. The van der Waals surface area contributed by atoms with Gasteiger partial charge >= 0.3 is 0 Å². The summed E-state index contributed by atoms with van der Waals surface area (Å²) in [5.41, 5.74) is 3.35. The number of nitrogens with zero attached hydrogens (tertiary/aromatic N) is 4. The maximum Gasteiger partial charge on any atom is 0.0899 e. The average molecular weight is 259 g/mol. The Morgan fingerprint density at radius 1 is 1.37 bits per heavy atom. The molecule has 1 fully saturated rings. The Kier molecular flexibility index (Phi) is 3.16. The van der Waals surface area contributed by atoms with Gasteiger partial charge in [-0.1, -0.05) is 0 Å². The molecule has 1 N–H and O–H groups in total. The minimum Gasteiger partial charge on any atom is -0.379 e. The molecule has 0 unspecified atom stereocenters. The van der Waals surface area contributed by atoms with Gasteiger partial charge in [-0.3, -0.25) is 4.98 Å². The monoisotopic (exact) mass is 259 g/mol. The largest absolute Gasteiger partial charge is 0.379 e. The topological polar surface area (TPSA) is 66.9 Å². The molecule has 0 saturated carbocycles. The summed E-state index contributed by atoms with van der Waals surface area (Å²) in [4.78, 5) is 6.46. The number of aryl methyl sites for hydroxylation is 1. The van der Waals surface area contributed by atoms with Crippen molar-refractivity contribution in [3.8, 4) is 0 Å². The molecule has 2 aromatic heterocycles. The van der Waals surface area contributed by atoms with Crippen molar-refractivity contribution in [3.63, 3.8) is 0 Å². The number of hydrogen-bond donors (Lipinski definition) is 1. The van der Waals surface area contributed by atoms with Crippen LogP contribution < -0.4 is 4.90 Å². The number of pyridine rings is 1. The summed E-state index contributed by atoms with van der Waals surface area (Å²) >= 11 is 0. The molecule has 0 spiro atoms. The van der Waals surface area contributed by atoms with E-state index in [1.165, 1.54) is 11.3 Å². The summed E-state index contributed by atoms with van der Waals surface area (Å²) in [6.07, 6.45) is 5.63. The maximum absolute atomic E-state index is 5.60. The van der Waals surface area contributed by atoms with Crippen LogP contribution in [0.25, 0.3) is 0 Å². The van der Waals surface area contributed by atoms with E-state index in [1.54, 1.807) is 13.3 Å². The van der Waals surface area contributed by atoms with Gasteiger partial charge in [-0.05, 0) is 18.6 Å². The van der Waals surface area contributed by atoms with Crippen LogP contribution in [0.4, 0.5) is 5.69 Å². The van der Waals surface area contributed by atoms with E-state index in [4.69, 9.17) is 4.74 Å². The fourth-order valence-electron chi connectivity index (χ4n) is 2.70. The first-order valence-electron chi connectivity index (χ1n) is 6.33. The standard InChI is InChI=1S/C13H17N5O/c1-9-5-14-4-3-12(9)18-7-10(13(8-18)19-2)11-6-15-17-16-11/h3-6,10,13H,7-8H2,1-2H3,(H,15,16,17)/t10-,13+/m0/s1. The SMILES string of the molecule is CO[C@@H]1CN(c2ccncc2C)C[C@H]1c1cn[nH]n1. The molecule has 2 atom stereocenters. The average Bonchev–Trinajstić information content (AvgIpc) is 3.08. The highest BCUT2D eigenvalue weighted by Gasteiger charge is 2.36. The Morgan fingerprint density at radius 3 is 2.95 bits per heavy atom. The van der Waals surface area contributed by atoms with Crippen LogP contribution in [-0.4, -0.2) is 46.7 Å². The Labute approximate surface area is 111 Å². The molecule has 0 radical (unpaired) electrons. The van der Waals surface area contributed by atoms with Crippen molar-refractivity contribution in [2.75, 3.05) is 25.1 Å². The van der Waals surface area contributed by atoms with E-state index in [9.17, 15) is 0 Å². The first-order valence-corrected chi connectivity index (χ1v) is 6.33. The third-order valence-corrected chi connectivity index (χ3v) is 3.71. The number of aromatic nitrogens is 4. The third kappa shape index (κ3) is 2.19. The molecule has 19 heavy (non-hydrogen) atoms. The van der Waals surface area contributed by atoms with Gasteiger partial charge in [0.25, 0.3) is 0 Å². The molecular formula is C13H17N5O. The van der Waals surface area contributed by atoms with Crippen molar-refractivity contribution < 1.29 is 4.74 Å². The van der Waals surface area contributed by atoms with E-state index in [2.05, 4.69) is 32.2 Å². The number of nitrogens with one attached hydrogen (secondary N) is 1. The summed E-state index contributed by atoms with van der Waals surface area (Å²) in [6, 6.07) is 2.05. The Bertz CT molecular complexity index is 542. The second-order valence-corrected chi connectivity index (χ2v) is 4.84. The fraction of sp³-hybridized carbons (Fsp3) is 0.462. The highest BCUT2D eigenvalue weighted by molar-refractivity contribution is 5.53. The van der Waals surface area contributed by atoms with Crippen molar-refractivity contribution >= 4 is 5.69 Å². The lowest BCUT2D eigenvalue weighted by atomic mass is 10.0. The second kappa shape index (κ2) is 4.97. The number of hydrogen-bond acceptors (Lipinski definition) is 5. The molecule has 1 aliphatic heterocycles. The molecule has 100 valence electrons. The van der Waals surface area contributed by atoms with Gasteiger partial charge in [-0.2, -0.15) is 15.4 Å². The molecule has 0 bridgehead atoms. The Morgan fingerprint density at radius 2 is 2.26 bits per heavy atom. The number of methoxy groups -OCH3 is 1. The third-order valence-electron chi connectivity index (χ3n) is 3.71. The summed E-state index contributed by atoms with van der Waals surface area (Å²) in [7, 11) is 1.75. The number of anilines is 1. The van der Waals surface area contributed by atoms with E-state index in [-0.39, 0.29) is 12.0 Å². The molecule has 3 rings (SSSR count). The van der Waals surface area contributed by atoms with E-state index >= 15 is 0 Å². The molecule has 0 amide bonds. The normalized spacial score (nSPS) is 22.9. The van der Waals surface area contributed by atoms with Crippen LogP contribution in [0.5, 0.6) is 0 Å². The van der Waals surface area contributed by atoms with Gasteiger partial charge in [0.2, 0.25) is 0 Å². The molecule has 6 nitrogen and oxygen atoms in total. The minimum atomic E-state index is 0.137. The number of H-pyrrole nitrogens is 1. The first-order chi connectivity index (χ1) is 9.29. The van der Waals surface area contributed by atoms with E-state index < -0.39 is 0 Å². The molecule has 1 aliphatic rings. The molecule has 3 heterocycles. The van der Waals surface area contributed by atoms with Crippen molar-refractivity contribution in [3.05, 3.63) is 35.9 Å². The lowest BCUT2D eigenvalue weighted by Gasteiger charge is -2.20. The zero-order chi connectivity index (χ0) is 13.2. The van der Waals surface area contributed by atoms with Gasteiger partial charge in [0.05, 0.1) is 23.9 Å². The van der Waals surface area contributed by atoms with Crippen molar-refractivity contribution in [2.45, 2.75) is 18.9 Å².